The van der Waals surface area contributed by atoms with Crippen molar-refractivity contribution in [1.29, 1.82) is 0 Å². The Bertz CT molecular complexity index is 399. The van der Waals surface area contributed by atoms with Crippen LogP contribution in [0.25, 0.3) is 0 Å². The normalized spacial score (nSPS) is 20.8. The van der Waals surface area contributed by atoms with Crippen LogP contribution in [0, 0.1) is 12.8 Å². The highest BCUT2D eigenvalue weighted by molar-refractivity contribution is 5.78. The number of carbonyl (C=O) groups excluding carboxylic acids is 1. The van der Waals surface area contributed by atoms with Crippen molar-refractivity contribution in [2.45, 2.75) is 19.9 Å². The molecule has 1 fully saturated rings. The number of rotatable bonds is 3. The van der Waals surface area contributed by atoms with Gasteiger partial charge in [-0.2, -0.15) is 5.10 Å². The predicted molar refractivity (Wildman–Crippen MR) is 60.5 cm³/mol. The van der Waals surface area contributed by atoms with Crippen molar-refractivity contribution in [3.05, 3.63) is 17.5 Å². The molecule has 0 aliphatic carbocycles. The van der Waals surface area contributed by atoms with Gasteiger partial charge in [0.1, 0.15) is 0 Å². The van der Waals surface area contributed by atoms with Crippen LogP contribution >= 0.6 is 0 Å². The number of nitrogens with zero attached hydrogens (tertiary/aromatic N) is 3. The van der Waals surface area contributed by atoms with Gasteiger partial charge in [-0.3, -0.25) is 9.48 Å². The van der Waals surface area contributed by atoms with E-state index in [0.717, 1.165) is 17.8 Å². The summed E-state index contributed by atoms with van der Waals surface area (Å²) in [5.74, 6) is 0.531. The molecule has 16 heavy (non-hydrogen) atoms. The Labute approximate surface area is 95.2 Å². The van der Waals surface area contributed by atoms with E-state index in [-0.39, 0.29) is 5.91 Å². The fourth-order valence-corrected chi connectivity index (χ4v) is 2.17. The van der Waals surface area contributed by atoms with Gasteiger partial charge in [0.2, 0.25) is 5.91 Å². The molecule has 1 aromatic heterocycles. The van der Waals surface area contributed by atoms with Gasteiger partial charge >= 0.3 is 0 Å². The molecule has 0 aromatic carbocycles. The zero-order valence-electron chi connectivity index (χ0n) is 9.81. The SMILES string of the molecule is Cc1nn(C)cc1CN1CC(CN)CC1=O. The first kappa shape index (κ1) is 11.1. The summed E-state index contributed by atoms with van der Waals surface area (Å²) in [5, 5.41) is 4.27. The van der Waals surface area contributed by atoms with Gasteiger partial charge in [0.05, 0.1) is 5.69 Å². The first-order chi connectivity index (χ1) is 7.60. The van der Waals surface area contributed by atoms with E-state index in [1.54, 1.807) is 4.68 Å². The van der Waals surface area contributed by atoms with Gasteiger partial charge in [0.25, 0.3) is 0 Å². The molecule has 2 N–H and O–H groups in total. The molecule has 5 heteroatoms. The lowest BCUT2D eigenvalue weighted by Gasteiger charge is -2.15. The van der Waals surface area contributed by atoms with Crippen LogP contribution < -0.4 is 5.73 Å². The molecule has 0 radical (unpaired) electrons. The Morgan fingerprint density at radius 3 is 2.88 bits per heavy atom. The zero-order chi connectivity index (χ0) is 11.7. The summed E-state index contributed by atoms with van der Waals surface area (Å²) in [6.07, 6.45) is 2.56. The van der Waals surface area contributed by atoms with Gasteiger partial charge in [-0.1, -0.05) is 0 Å². The molecule has 0 saturated carbocycles. The van der Waals surface area contributed by atoms with E-state index in [0.29, 0.717) is 25.4 Å². The lowest BCUT2D eigenvalue weighted by molar-refractivity contribution is -0.128. The van der Waals surface area contributed by atoms with Crippen LogP contribution in [0.1, 0.15) is 17.7 Å². The van der Waals surface area contributed by atoms with Crippen LogP contribution in [-0.4, -0.2) is 33.7 Å². The monoisotopic (exact) mass is 222 g/mol. The second-order valence-corrected chi connectivity index (χ2v) is 4.49. The number of hydrogen-bond donors (Lipinski definition) is 1. The fraction of sp³-hybridized carbons (Fsp3) is 0.636. The van der Waals surface area contributed by atoms with Crippen LogP contribution in [0.15, 0.2) is 6.20 Å². The van der Waals surface area contributed by atoms with Crippen molar-refractivity contribution < 1.29 is 4.79 Å². The zero-order valence-corrected chi connectivity index (χ0v) is 9.81. The van der Waals surface area contributed by atoms with Crippen LogP contribution in [0.3, 0.4) is 0 Å². The van der Waals surface area contributed by atoms with Gasteiger partial charge in [0, 0.05) is 38.3 Å². The molecule has 0 spiro atoms. The molecule has 5 nitrogen and oxygen atoms in total. The quantitative estimate of drug-likeness (QED) is 0.785. The average Bonchev–Trinajstić information content (AvgIpc) is 2.72. The van der Waals surface area contributed by atoms with Crippen molar-refractivity contribution in [1.82, 2.24) is 14.7 Å². The Balaban J connectivity index is 2.05. The van der Waals surface area contributed by atoms with Gasteiger partial charge in [-0.05, 0) is 19.4 Å². The number of likely N-dealkylation sites (tertiary alicyclic amines) is 1. The second-order valence-electron chi connectivity index (χ2n) is 4.49. The highest BCUT2D eigenvalue weighted by Gasteiger charge is 2.28. The number of nitrogens with two attached hydrogens (primary N) is 1. The summed E-state index contributed by atoms with van der Waals surface area (Å²) < 4.78 is 1.78. The van der Waals surface area contributed by atoms with Crippen molar-refractivity contribution in [2.75, 3.05) is 13.1 Å². The predicted octanol–water partition coefficient (Wildman–Crippen LogP) is 0.0357. The molecule has 1 saturated heterocycles. The maximum atomic E-state index is 11.7. The van der Waals surface area contributed by atoms with E-state index in [9.17, 15) is 4.79 Å². The van der Waals surface area contributed by atoms with Crippen LogP contribution in [-0.2, 0) is 18.4 Å². The lowest BCUT2D eigenvalue weighted by Crippen LogP contribution is -2.25. The number of hydrogen-bond acceptors (Lipinski definition) is 3. The number of aryl methyl sites for hydroxylation is 2. The smallest absolute Gasteiger partial charge is 0.223 e. The van der Waals surface area contributed by atoms with E-state index in [1.807, 2.05) is 25.1 Å². The number of carbonyl (C=O) groups is 1. The van der Waals surface area contributed by atoms with E-state index >= 15 is 0 Å². The highest BCUT2D eigenvalue weighted by Crippen LogP contribution is 2.19. The Hall–Kier alpha value is -1.36. The van der Waals surface area contributed by atoms with Crippen LogP contribution in [0.5, 0.6) is 0 Å². The minimum absolute atomic E-state index is 0.207. The third kappa shape index (κ3) is 2.09. The molecule has 1 amide bonds. The molecule has 88 valence electrons. The van der Waals surface area contributed by atoms with Crippen LogP contribution in [0.2, 0.25) is 0 Å². The summed E-state index contributed by atoms with van der Waals surface area (Å²) in [7, 11) is 1.89. The minimum Gasteiger partial charge on any atom is -0.338 e. The molecule has 1 atom stereocenters. The fourth-order valence-electron chi connectivity index (χ4n) is 2.17. The van der Waals surface area contributed by atoms with Gasteiger partial charge in [-0.25, -0.2) is 0 Å². The Morgan fingerprint density at radius 2 is 2.38 bits per heavy atom. The Kier molecular flexibility index (Phi) is 2.96. The van der Waals surface area contributed by atoms with E-state index in [2.05, 4.69) is 5.10 Å². The maximum absolute atomic E-state index is 11.7. The summed E-state index contributed by atoms with van der Waals surface area (Å²) in [6, 6.07) is 0. The summed E-state index contributed by atoms with van der Waals surface area (Å²) in [5.41, 5.74) is 7.70. The van der Waals surface area contributed by atoms with Crippen molar-refractivity contribution in [3.63, 3.8) is 0 Å². The average molecular weight is 222 g/mol. The third-order valence-electron chi connectivity index (χ3n) is 3.10. The molecule has 1 aliphatic heterocycles. The first-order valence-corrected chi connectivity index (χ1v) is 5.57. The highest BCUT2D eigenvalue weighted by atomic mass is 16.2. The molecule has 1 aliphatic rings. The van der Waals surface area contributed by atoms with E-state index in [1.165, 1.54) is 0 Å². The molecule has 2 rings (SSSR count). The third-order valence-corrected chi connectivity index (χ3v) is 3.10. The number of amides is 1. The standard InChI is InChI=1S/C11H18N4O/c1-8-10(6-14(2)13-8)7-15-5-9(4-12)3-11(15)16/h6,9H,3-5,7,12H2,1-2H3. The van der Waals surface area contributed by atoms with Crippen molar-refractivity contribution >= 4 is 5.91 Å². The van der Waals surface area contributed by atoms with Gasteiger partial charge in [0.15, 0.2) is 0 Å². The molecular weight excluding hydrogens is 204 g/mol. The van der Waals surface area contributed by atoms with Crippen molar-refractivity contribution in [2.24, 2.45) is 18.7 Å². The Morgan fingerprint density at radius 1 is 1.62 bits per heavy atom. The summed E-state index contributed by atoms with van der Waals surface area (Å²) in [6.45, 7) is 4.00. The number of aromatic nitrogens is 2. The molecule has 2 heterocycles. The van der Waals surface area contributed by atoms with E-state index < -0.39 is 0 Å². The van der Waals surface area contributed by atoms with Crippen LogP contribution in [0.4, 0.5) is 0 Å². The largest absolute Gasteiger partial charge is 0.338 e. The molecule has 0 bridgehead atoms. The summed E-state index contributed by atoms with van der Waals surface area (Å²) >= 11 is 0. The van der Waals surface area contributed by atoms with Crippen molar-refractivity contribution in [3.8, 4) is 0 Å². The molecule has 1 aromatic rings. The minimum atomic E-state index is 0.207. The lowest BCUT2D eigenvalue weighted by atomic mass is 10.1. The molecule has 1 unspecified atom stereocenters. The molecular formula is C11H18N4O. The topological polar surface area (TPSA) is 64.2 Å². The maximum Gasteiger partial charge on any atom is 0.223 e. The van der Waals surface area contributed by atoms with E-state index in [4.69, 9.17) is 5.73 Å². The summed E-state index contributed by atoms with van der Waals surface area (Å²) in [4.78, 5) is 13.6. The van der Waals surface area contributed by atoms with Gasteiger partial charge < -0.3 is 10.6 Å². The first-order valence-electron chi connectivity index (χ1n) is 5.57. The van der Waals surface area contributed by atoms with Gasteiger partial charge in [-0.15, -0.1) is 0 Å². The second kappa shape index (κ2) is 4.25.